The van der Waals surface area contributed by atoms with Crippen LogP contribution in [0.15, 0.2) is 12.1 Å². The second-order valence-corrected chi connectivity index (χ2v) is 6.31. The number of hydrogen-bond donors (Lipinski definition) is 1. The Morgan fingerprint density at radius 3 is 2.06 bits per heavy atom. The molecule has 0 aromatic heterocycles. The van der Waals surface area contributed by atoms with Gasteiger partial charge in [0.2, 0.25) is 0 Å². The van der Waals surface area contributed by atoms with Crippen LogP contribution in [0.4, 0.5) is 4.39 Å². The lowest BCUT2D eigenvalue weighted by Crippen LogP contribution is -2.40. The van der Waals surface area contributed by atoms with E-state index in [0.717, 1.165) is 5.56 Å². The van der Waals surface area contributed by atoms with E-state index < -0.39 is 6.17 Å². The van der Waals surface area contributed by atoms with Gasteiger partial charge in [-0.3, -0.25) is 0 Å². The fourth-order valence-electron chi connectivity index (χ4n) is 2.24. The molecule has 1 aromatic carbocycles. The molecular weight excluding hydrogens is 225 g/mol. The van der Waals surface area contributed by atoms with E-state index in [0.29, 0.717) is 13.0 Å². The molecule has 0 bridgehead atoms. The molecule has 1 unspecified atom stereocenters. The van der Waals surface area contributed by atoms with Crippen molar-refractivity contribution in [3.05, 3.63) is 34.4 Å². The maximum absolute atomic E-state index is 14.0. The van der Waals surface area contributed by atoms with E-state index in [1.54, 1.807) is 0 Å². The second-order valence-electron chi connectivity index (χ2n) is 6.31. The molecule has 18 heavy (non-hydrogen) atoms. The molecule has 0 amide bonds. The minimum absolute atomic E-state index is 0.0261. The van der Waals surface area contributed by atoms with Gasteiger partial charge in [0.15, 0.2) is 0 Å². The van der Waals surface area contributed by atoms with E-state index in [2.05, 4.69) is 59.0 Å². The summed E-state index contributed by atoms with van der Waals surface area (Å²) in [5.41, 5.74) is 4.78. The first-order valence-corrected chi connectivity index (χ1v) is 6.65. The Hall–Kier alpha value is -0.890. The van der Waals surface area contributed by atoms with Gasteiger partial charge in [-0.25, -0.2) is 4.39 Å². The Balaban J connectivity index is 2.68. The van der Waals surface area contributed by atoms with Crippen molar-refractivity contribution < 1.29 is 4.39 Å². The van der Waals surface area contributed by atoms with Crippen molar-refractivity contribution in [2.75, 3.05) is 6.54 Å². The largest absolute Gasteiger partial charge is 0.309 e. The van der Waals surface area contributed by atoms with Crippen LogP contribution in [0.25, 0.3) is 0 Å². The molecule has 102 valence electrons. The van der Waals surface area contributed by atoms with Crippen LogP contribution in [0, 0.1) is 20.8 Å². The van der Waals surface area contributed by atoms with Crippen LogP contribution in [0.3, 0.4) is 0 Å². The molecule has 0 saturated carbocycles. The number of aryl methyl sites for hydroxylation is 3. The maximum atomic E-state index is 14.0. The third kappa shape index (κ3) is 4.77. The highest BCUT2D eigenvalue weighted by molar-refractivity contribution is 5.37. The van der Waals surface area contributed by atoms with Gasteiger partial charge >= 0.3 is 0 Å². The lowest BCUT2D eigenvalue weighted by molar-refractivity contribution is 0.284. The van der Waals surface area contributed by atoms with Crippen LogP contribution in [0.1, 0.15) is 43.0 Å². The zero-order valence-corrected chi connectivity index (χ0v) is 12.5. The number of alkyl halides is 1. The summed E-state index contributed by atoms with van der Waals surface area (Å²) in [5, 5.41) is 3.22. The molecule has 1 aromatic rings. The summed E-state index contributed by atoms with van der Waals surface area (Å²) in [6.07, 6.45) is -0.328. The van der Waals surface area contributed by atoms with Crippen LogP contribution >= 0.6 is 0 Å². The minimum atomic E-state index is -0.829. The molecule has 1 rings (SSSR count). The molecule has 0 spiro atoms. The fourth-order valence-corrected chi connectivity index (χ4v) is 2.24. The lowest BCUT2D eigenvalue weighted by atomic mass is 9.95. The number of halogens is 1. The van der Waals surface area contributed by atoms with Crippen LogP contribution < -0.4 is 5.32 Å². The molecular formula is C16H26FN. The van der Waals surface area contributed by atoms with Crippen LogP contribution in [0.2, 0.25) is 0 Å². The van der Waals surface area contributed by atoms with Crippen molar-refractivity contribution >= 4 is 0 Å². The van der Waals surface area contributed by atoms with Gasteiger partial charge in [-0.15, -0.1) is 0 Å². The molecule has 0 saturated heterocycles. The number of benzene rings is 1. The SMILES string of the molecule is Cc1cc(C)c(CC(F)CNC(C)(C)C)c(C)c1. The maximum Gasteiger partial charge on any atom is 0.117 e. The number of hydrogen-bond acceptors (Lipinski definition) is 1. The quantitative estimate of drug-likeness (QED) is 0.856. The summed E-state index contributed by atoms with van der Waals surface area (Å²) < 4.78 is 14.0. The van der Waals surface area contributed by atoms with Gasteiger partial charge in [0.05, 0.1) is 0 Å². The topological polar surface area (TPSA) is 12.0 Å². The van der Waals surface area contributed by atoms with Crippen molar-refractivity contribution in [1.29, 1.82) is 0 Å². The molecule has 0 radical (unpaired) electrons. The Labute approximate surface area is 111 Å². The third-order valence-electron chi connectivity index (χ3n) is 3.12. The van der Waals surface area contributed by atoms with Crippen molar-refractivity contribution in [3.63, 3.8) is 0 Å². The lowest BCUT2D eigenvalue weighted by Gasteiger charge is -2.22. The average molecular weight is 251 g/mol. The summed E-state index contributed by atoms with van der Waals surface area (Å²) in [5.74, 6) is 0. The summed E-state index contributed by atoms with van der Waals surface area (Å²) in [4.78, 5) is 0. The first-order chi connectivity index (χ1) is 8.19. The van der Waals surface area contributed by atoms with Crippen molar-refractivity contribution in [2.45, 2.75) is 59.7 Å². The highest BCUT2D eigenvalue weighted by Gasteiger charge is 2.15. The molecule has 0 aliphatic heterocycles. The Morgan fingerprint density at radius 1 is 1.11 bits per heavy atom. The smallest absolute Gasteiger partial charge is 0.117 e. The molecule has 2 heteroatoms. The monoisotopic (exact) mass is 251 g/mol. The van der Waals surface area contributed by atoms with Gasteiger partial charge < -0.3 is 5.32 Å². The summed E-state index contributed by atoms with van der Waals surface area (Å²) in [6, 6.07) is 4.26. The molecule has 1 nitrogen and oxygen atoms in total. The predicted molar refractivity (Wildman–Crippen MR) is 77.0 cm³/mol. The van der Waals surface area contributed by atoms with Gasteiger partial charge in [0.25, 0.3) is 0 Å². The van der Waals surface area contributed by atoms with Gasteiger partial charge in [-0.2, -0.15) is 0 Å². The van der Waals surface area contributed by atoms with E-state index in [9.17, 15) is 4.39 Å². The van der Waals surface area contributed by atoms with Gasteiger partial charge in [-0.05, 0) is 58.2 Å². The van der Waals surface area contributed by atoms with E-state index in [4.69, 9.17) is 0 Å². The first-order valence-electron chi connectivity index (χ1n) is 6.65. The van der Waals surface area contributed by atoms with Crippen LogP contribution in [0.5, 0.6) is 0 Å². The number of rotatable bonds is 4. The summed E-state index contributed by atoms with van der Waals surface area (Å²) in [6.45, 7) is 12.8. The fraction of sp³-hybridized carbons (Fsp3) is 0.625. The third-order valence-corrected chi connectivity index (χ3v) is 3.12. The normalized spacial score (nSPS) is 13.7. The first kappa shape index (κ1) is 15.2. The predicted octanol–water partition coefficient (Wildman–Crippen LogP) is 3.88. The Bertz CT molecular complexity index is 381. The van der Waals surface area contributed by atoms with Gasteiger partial charge in [0, 0.05) is 18.5 Å². The molecule has 0 fully saturated rings. The zero-order valence-electron chi connectivity index (χ0n) is 12.5. The molecule has 0 aliphatic rings. The van der Waals surface area contributed by atoms with E-state index in [1.165, 1.54) is 16.7 Å². The second kappa shape index (κ2) is 5.83. The molecule has 1 N–H and O–H groups in total. The van der Waals surface area contributed by atoms with E-state index >= 15 is 0 Å². The number of nitrogens with one attached hydrogen (secondary N) is 1. The highest BCUT2D eigenvalue weighted by Crippen LogP contribution is 2.19. The Morgan fingerprint density at radius 2 is 1.61 bits per heavy atom. The van der Waals surface area contributed by atoms with E-state index in [-0.39, 0.29) is 5.54 Å². The van der Waals surface area contributed by atoms with Crippen molar-refractivity contribution in [1.82, 2.24) is 5.32 Å². The standard InChI is InChI=1S/C16H26FN/c1-11-7-12(2)15(13(3)8-11)9-14(17)10-18-16(4,5)6/h7-8,14,18H,9-10H2,1-6H3. The van der Waals surface area contributed by atoms with Crippen LogP contribution in [-0.4, -0.2) is 18.3 Å². The minimum Gasteiger partial charge on any atom is -0.309 e. The summed E-state index contributed by atoms with van der Waals surface area (Å²) >= 11 is 0. The van der Waals surface area contributed by atoms with Crippen LogP contribution in [-0.2, 0) is 6.42 Å². The average Bonchev–Trinajstić information content (AvgIpc) is 2.19. The van der Waals surface area contributed by atoms with Crippen molar-refractivity contribution in [3.8, 4) is 0 Å². The highest BCUT2D eigenvalue weighted by atomic mass is 19.1. The molecule has 0 aliphatic carbocycles. The zero-order chi connectivity index (χ0) is 13.9. The Kier molecular flexibility index (Phi) is 4.92. The van der Waals surface area contributed by atoms with E-state index in [1.807, 2.05) is 0 Å². The van der Waals surface area contributed by atoms with Gasteiger partial charge in [-0.1, -0.05) is 17.7 Å². The molecule has 1 atom stereocenters. The summed E-state index contributed by atoms with van der Waals surface area (Å²) in [7, 11) is 0. The van der Waals surface area contributed by atoms with Crippen molar-refractivity contribution in [2.24, 2.45) is 0 Å². The van der Waals surface area contributed by atoms with Gasteiger partial charge in [0.1, 0.15) is 6.17 Å². The molecule has 0 heterocycles.